The lowest BCUT2D eigenvalue weighted by atomic mass is 9.90. The van der Waals surface area contributed by atoms with E-state index in [1.54, 1.807) is 7.11 Å². The molecule has 1 N–H and O–H groups in total. The maximum Gasteiger partial charge on any atom is 0.304 e. The molecule has 0 bridgehead atoms. The van der Waals surface area contributed by atoms with Gasteiger partial charge in [0.2, 0.25) is 0 Å². The van der Waals surface area contributed by atoms with E-state index in [-0.39, 0.29) is 11.8 Å². The van der Waals surface area contributed by atoms with Crippen LogP contribution in [0.15, 0.2) is 18.2 Å². The van der Waals surface area contributed by atoms with Crippen molar-refractivity contribution >= 4 is 5.97 Å². The number of ether oxygens (including phenoxy) is 1. The Morgan fingerprint density at radius 2 is 2.11 bits per heavy atom. The highest BCUT2D eigenvalue weighted by Gasteiger charge is 2.47. The Morgan fingerprint density at radius 3 is 2.58 bits per heavy atom. The molecule has 0 heterocycles. The summed E-state index contributed by atoms with van der Waals surface area (Å²) in [6.07, 6.45) is 2.05. The van der Waals surface area contributed by atoms with Gasteiger partial charge in [-0.3, -0.25) is 4.79 Å². The molecule has 104 valence electrons. The van der Waals surface area contributed by atoms with E-state index in [0.717, 1.165) is 30.7 Å². The summed E-state index contributed by atoms with van der Waals surface area (Å²) in [6, 6.07) is 6.10. The van der Waals surface area contributed by atoms with E-state index in [4.69, 9.17) is 9.84 Å². The van der Waals surface area contributed by atoms with E-state index in [1.165, 1.54) is 5.56 Å². The summed E-state index contributed by atoms with van der Waals surface area (Å²) < 4.78 is 5.41. The van der Waals surface area contributed by atoms with Gasteiger partial charge in [-0.1, -0.05) is 12.1 Å². The standard InChI is InChI=1S/C15H21NO3/c1-16(2)10-11-4-5-13(19-3)12(8-11)15(6-7-15)9-14(17)18/h4-5,8H,6-7,9-10H2,1-3H3,(H,17,18). The number of hydrogen-bond acceptors (Lipinski definition) is 3. The Morgan fingerprint density at radius 1 is 1.42 bits per heavy atom. The largest absolute Gasteiger partial charge is 0.496 e. The van der Waals surface area contributed by atoms with Crippen molar-refractivity contribution in [2.45, 2.75) is 31.2 Å². The third kappa shape index (κ3) is 3.07. The van der Waals surface area contributed by atoms with Gasteiger partial charge in [0.1, 0.15) is 5.75 Å². The van der Waals surface area contributed by atoms with Crippen LogP contribution in [-0.4, -0.2) is 37.2 Å². The SMILES string of the molecule is COc1ccc(CN(C)C)cc1C1(CC(=O)O)CC1. The molecule has 0 saturated heterocycles. The number of carbonyl (C=O) groups is 1. The van der Waals surface area contributed by atoms with E-state index in [2.05, 4.69) is 11.0 Å². The number of carboxylic acids is 1. The van der Waals surface area contributed by atoms with Crippen LogP contribution in [0.1, 0.15) is 30.4 Å². The Labute approximate surface area is 114 Å². The molecule has 0 spiro atoms. The van der Waals surface area contributed by atoms with Crippen LogP contribution in [0.25, 0.3) is 0 Å². The van der Waals surface area contributed by atoms with Crippen LogP contribution in [0.2, 0.25) is 0 Å². The third-order valence-electron chi connectivity index (χ3n) is 3.68. The normalized spacial score (nSPS) is 16.4. The highest BCUT2D eigenvalue weighted by Crippen LogP contribution is 2.54. The highest BCUT2D eigenvalue weighted by molar-refractivity contribution is 5.70. The topological polar surface area (TPSA) is 49.8 Å². The first-order chi connectivity index (χ1) is 8.97. The molecule has 1 aromatic rings. The Hall–Kier alpha value is -1.55. The molecule has 1 aromatic carbocycles. The van der Waals surface area contributed by atoms with Crippen molar-refractivity contribution in [1.29, 1.82) is 0 Å². The van der Waals surface area contributed by atoms with Crippen molar-refractivity contribution in [2.24, 2.45) is 0 Å². The smallest absolute Gasteiger partial charge is 0.304 e. The molecule has 1 aliphatic rings. The number of hydrogen-bond donors (Lipinski definition) is 1. The minimum absolute atomic E-state index is 0.189. The summed E-state index contributed by atoms with van der Waals surface area (Å²) >= 11 is 0. The molecule has 1 fully saturated rings. The number of benzene rings is 1. The van der Waals surface area contributed by atoms with E-state index in [9.17, 15) is 4.79 Å². The van der Waals surface area contributed by atoms with Gasteiger partial charge in [-0.2, -0.15) is 0 Å². The second kappa shape index (κ2) is 5.21. The molecule has 0 aromatic heterocycles. The average Bonchev–Trinajstić information content (AvgIpc) is 3.08. The molecule has 4 nitrogen and oxygen atoms in total. The maximum atomic E-state index is 11.0. The predicted octanol–water partition coefficient (Wildman–Crippen LogP) is 2.26. The second-order valence-corrected chi connectivity index (χ2v) is 5.62. The Bertz CT molecular complexity index is 478. The summed E-state index contributed by atoms with van der Waals surface area (Å²) in [4.78, 5) is 13.1. The van der Waals surface area contributed by atoms with Crippen molar-refractivity contribution in [3.63, 3.8) is 0 Å². The zero-order chi connectivity index (χ0) is 14.0. The van der Waals surface area contributed by atoms with Crippen LogP contribution < -0.4 is 4.74 Å². The quantitative estimate of drug-likeness (QED) is 0.855. The van der Waals surface area contributed by atoms with Gasteiger partial charge in [0.05, 0.1) is 13.5 Å². The molecule has 1 saturated carbocycles. The van der Waals surface area contributed by atoms with Gasteiger partial charge < -0.3 is 14.7 Å². The summed E-state index contributed by atoms with van der Waals surface area (Å²) in [5.74, 6) is 0.0684. The van der Waals surface area contributed by atoms with Gasteiger partial charge in [0.25, 0.3) is 0 Å². The summed E-state index contributed by atoms with van der Waals surface area (Å²) in [5, 5.41) is 9.08. The molecule has 0 unspecified atom stereocenters. The summed E-state index contributed by atoms with van der Waals surface area (Å²) in [6.45, 7) is 0.847. The van der Waals surface area contributed by atoms with Crippen LogP contribution in [0, 0.1) is 0 Å². The lowest BCUT2D eigenvalue weighted by Crippen LogP contribution is -2.16. The second-order valence-electron chi connectivity index (χ2n) is 5.62. The van der Waals surface area contributed by atoms with Gasteiger partial charge in [-0.15, -0.1) is 0 Å². The monoisotopic (exact) mass is 263 g/mol. The fraction of sp³-hybridized carbons (Fsp3) is 0.533. The first-order valence-corrected chi connectivity index (χ1v) is 6.51. The minimum atomic E-state index is -0.738. The minimum Gasteiger partial charge on any atom is -0.496 e. The third-order valence-corrected chi connectivity index (χ3v) is 3.68. The molecular formula is C15H21NO3. The summed E-state index contributed by atoms with van der Waals surface area (Å²) in [7, 11) is 5.68. The fourth-order valence-corrected chi connectivity index (χ4v) is 2.61. The lowest BCUT2D eigenvalue weighted by Gasteiger charge is -2.19. The van der Waals surface area contributed by atoms with Crippen molar-refractivity contribution in [3.8, 4) is 5.75 Å². The molecule has 0 aliphatic heterocycles. The van der Waals surface area contributed by atoms with Crippen LogP contribution in [0.3, 0.4) is 0 Å². The summed E-state index contributed by atoms with van der Waals surface area (Å²) in [5.41, 5.74) is 2.04. The average molecular weight is 263 g/mol. The molecule has 1 aliphatic carbocycles. The van der Waals surface area contributed by atoms with E-state index < -0.39 is 5.97 Å². The van der Waals surface area contributed by atoms with Crippen LogP contribution in [0.4, 0.5) is 0 Å². The van der Waals surface area contributed by atoms with E-state index in [1.807, 2.05) is 26.2 Å². The van der Waals surface area contributed by atoms with Gasteiger partial charge in [-0.05, 0) is 38.6 Å². The zero-order valence-corrected chi connectivity index (χ0v) is 11.8. The number of methoxy groups -OCH3 is 1. The molecule has 0 atom stereocenters. The fourth-order valence-electron chi connectivity index (χ4n) is 2.61. The molecule has 4 heteroatoms. The zero-order valence-electron chi connectivity index (χ0n) is 11.8. The van der Waals surface area contributed by atoms with Crippen LogP contribution >= 0.6 is 0 Å². The predicted molar refractivity (Wildman–Crippen MR) is 73.5 cm³/mol. The highest BCUT2D eigenvalue weighted by atomic mass is 16.5. The first kappa shape index (κ1) is 13.9. The lowest BCUT2D eigenvalue weighted by molar-refractivity contribution is -0.137. The van der Waals surface area contributed by atoms with E-state index in [0.29, 0.717) is 0 Å². The van der Waals surface area contributed by atoms with Gasteiger partial charge in [0.15, 0.2) is 0 Å². The van der Waals surface area contributed by atoms with Crippen molar-refractivity contribution in [3.05, 3.63) is 29.3 Å². The van der Waals surface area contributed by atoms with E-state index >= 15 is 0 Å². The van der Waals surface area contributed by atoms with Crippen molar-refractivity contribution in [2.75, 3.05) is 21.2 Å². The number of aliphatic carboxylic acids is 1. The first-order valence-electron chi connectivity index (χ1n) is 6.51. The molecular weight excluding hydrogens is 242 g/mol. The molecule has 2 rings (SSSR count). The number of carboxylic acid groups (broad SMARTS) is 1. The van der Waals surface area contributed by atoms with Gasteiger partial charge >= 0.3 is 5.97 Å². The van der Waals surface area contributed by atoms with Gasteiger partial charge in [0, 0.05) is 17.5 Å². The van der Waals surface area contributed by atoms with Gasteiger partial charge in [-0.25, -0.2) is 0 Å². The number of nitrogens with zero attached hydrogens (tertiary/aromatic N) is 1. The Balaban J connectivity index is 2.34. The Kier molecular flexibility index (Phi) is 3.80. The molecule has 0 amide bonds. The van der Waals surface area contributed by atoms with Crippen LogP contribution in [-0.2, 0) is 16.8 Å². The molecule has 0 radical (unpaired) electrons. The van der Waals surface area contributed by atoms with Crippen molar-refractivity contribution in [1.82, 2.24) is 4.90 Å². The maximum absolute atomic E-state index is 11.0. The van der Waals surface area contributed by atoms with Crippen LogP contribution in [0.5, 0.6) is 5.75 Å². The van der Waals surface area contributed by atoms with Crippen molar-refractivity contribution < 1.29 is 14.6 Å². The molecule has 19 heavy (non-hydrogen) atoms. The number of rotatable bonds is 6.